The fraction of sp³-hybridized carbons (Fsp3) is 0.346. The zero-order valence-corrected chi connectivity index (χ0v) is 21.3. The largest absolute Gasteiger partial charge is 0.495 e. The number of ether oxygens (including phenoxy) is 2. The van der Waals surface area contributed by atoms with E-state index in [1.54, 1.807) is 19.1 Å². The summed E-state index contributed by atoms with van der Waals surface area (Å²) in [7, 11) is -2.34. The van der Waals surface area contributed by atoms with Gasteiger partial charge in [-0.1, -0.05) is 18.2 Å². The molecule has 0 radical (unpaired) electrons. The van der Waals surface area contributed by atoms with E-state index in [0.717, 1.165) is 17.1 Å². The Morgan fingerprint density at radius 2 is 1.74 bits per heavy atom. The number of methoxy groups -OCH3 is 1. The fourth-order valence-corrected chi connectivity index (χ4v) is 6.02. The monoisotopic (exact) mass is 497 g/mol. The lowest BCUT2D eigenvalue weighted by molar-refractivity contribution is 0.0729. The number of aryl methyl sites for hydroxylation is 1. The minimum atomic E-state index is -3.78. The van der Waals surface area contributed by atoms with Crippen LogP contribution in [0.1, 0.15) is 28.7 Å². The summed E-state index contributed by atoms with van der Waals surface area (Å²) >= 11 is 0. The summed E-state index contributed by atoms with van der Waals surface area (Å²) in [6.45, 7) is 6.96. The van der Waals surface area contributed by atoms with Gasteiger partial charge in [0.15, 0.2) is 5.78 Å². The Labute approximate surface area is 206 Å². The van der Waals surface area contributed by atoms with Gasteiger partial charge in [-0.3, -0.25) is 4.79 Å². The average molecular weight is 498 g/mol. The third kappa shape index (κ3) is 4.98. The van der Waals surface area contributed by atoms with Crippen LogP contribution in [0.4, 0.5) is 5.69 Å². The van der Waals surface area contributed by atoms with Crippen LogP contribution in [0.15, 0.2) is 59.5 Å². The molecule has 1 aromatic heterocycles. The molecule has 0 aliphatic carbocycles. The molecule has 0 spiro atoms. The van der Waals surface area contributed by atoms with Crippen molar-refractivity contribution in [3.63, 3.8) is 0 Å². The number of sulfonamides is 1. The summed E-state index contributed by atoms with van der Waals surface area (Å²) in [5.74, 6) is 0.182. The Balaban J connectivity index is 1.59. The Morgan fingerprint density at radius 1 is 1.06 bits per heavy atom. The van der Waals surface area contributed by atoms with Gasteiger partial charge >= 0.3 is 0 Å². The molecule has 2 aromatic carbocycles. The van der Waals surface area contributed by atoms with Crippen LogP contribution in [0.3, 0.4) is 0 Å². The molecule has 0 saturated carbocycles. The number of aromatic nitrogens is 1. The Hall–Kier alpha value is -3.14. The molecule has 1 saturated heterocycles. The Kier molecular flexibility index (Phi) is 7.30. The highest BCUT2D eigenvalue weighted by Crippen LogP contribution is 2.31. The maximum atomic E-state index is 13.4. The van der Waals surface area contributed by atoms with Crippen LogP contribution < -0.4 is 10.1 Å². The standard InChI is InChI=1S/C26H31N3O5S/c1-18-16-23(20(3)29(18)22-8-6-5-7-9-22)26(30)19(2)27-21-10-11-24(33-4)25(17-21)35(31,32)28-12-14-34-15-13-28/h5-11,16-17,19,27H,12-15H2,1-4H3/t19-/m1/s1. The molecule has 9 heteroatoms. The number of nitrogens with one attached hydrogen (secondary N) is 1. The van der Waals surface area contributed by atoms with Gasteiger partial charge in [0.05, 0.1) is 26.4 Å². The topological polar surface area (TPSA) is 89.9 Å². The van der Waals surface area contributed by atoms with E-state index in [1.165, 1.54) is 17.5 Å². The first-order valence-corrected chi connectivity index (χ1v) is 13.0. The Morgan fingerprint density at radius 3 is 2.40 bits per heavy atom. The maximum absolute atomic E-state index is 13.4. The molecule has 1 N–H and O–H groups in total. The first-order chi connectivity index (χ1) is 16.7. The lowest BCUT2D eigenvalue weighted by Gasteiger charge is -2.27. The van der Waals surface area contributed by atoms with Gasteiger partial charge in [0.25, 0.3) is 0 Å². The molecule has 3 aromatic rings. The summed E-state index contributed by atoms with van der Waals surface area (Å²) in [6.07, 6.45) is 0. The number of nitrogens with zero attached hydrogens (tertiary/aromatic N) is 2. The van der Waals surface area contributed by atoms with E-state index < -0.39 is 16.1 Å². The molecule has 2 heterocycles. The van der Waals surface area contributed by atoms with Crippen molar-refractivity contribution in [2.75, 3.05) is 38.7 Å². The second-order valence-corrected chi connectivity index (χ2v) is 10.5. The number of hydrogen-bond donors (Lipinski definition) is 1. The first-order valence-electron chi connectivity index (χ1n) is 11.5. The van der Waals surface area contributed by atoms with Gasteiger partial charge in [0, 0.05) is 41.4 Å². The van der Waals surface area contributed by atoms with Crippen LogP contribution in [-0.2, 0) is 14.8 Å². The number of para-hydroxylation sites is 1. The van der Waals surface area contributed by atoms with E-state index >= 15 is 0 Å². The van der Waals surface area contributed by atoms with Gasteiger partial charge in [-0.2, -0.15) is 4.31 Å². The van der Waals surface area contributed by atoms with Crippen LogP contribution in [0, 0.1) is 13.8 Å². The van der Waals surface area contributed by atoms with Crippen LogP contribution in [0.2, 0.25) is 0 Å². The highest BCUT2D eigenvalue weighted by atomic mass is 32.2. The zero-order chi connectivity index (χ0) is 25.2. The third-order valence-electron chi connectivity index (χ3n) is 6.24. The summed E-state index contributed by atoms with van der Waals surface area (Å²) in [4.78, 5) is 13.4. The minimum Gasteiger partial charge on any atom is -0.495 e. The van der Waals surface area contributed by atoms with Gasteiger partial charge in [-0.05, 0) is 57.2 Å². The van der Waals surface area contributed by atoms with Gasteiger partial charge in [-0.25, -0.2) is 8.42 Å². The fourth-order valence-electron chi connectivity index (χ4n) is 4.43. The van der Waals surface area contributed by atoms with Crippen LogP contribution in [0.5, 0.6) is 5.75 Å². The van der Waals surface area contributed by atoms with E-state index in [9.17, 15) is 13.2 Å². The second kappa shape index (κ2) is 10.2. The van der Waals surface area contributed by atoms with Gasteiger partial charge < -0.3 is 19.4 Å². The predicted molar refractivity (Wildman–Crippen MR) is 135 cm³/mol. The zero-order valence-electron chi connectivity index (χ0n) is 20.4. The normalized spacial score (nSPS) is 15.5. The molecule has 0 unspecified atom stereocenters. The highest BCUT2D eigenvalue weighted by molar-refractivity contribution is 7.89. The van der Waals surface area contributed by atoms with Gasteiger partial charge in [0.1, 0.15) is 10.6 Å². The molecule has 1 atom stereocenters. The summed E-state index contributed by atoms with van der Waals surface area (Å²) in [5.41, 5.74) is 3.97. The molecular formula is C26H31N3O5S. The summed E-state index contributed by atoms with van der Waals surface area (Å²) in [5, 5.41) is 3.18. The molecule has 4 rings (SSSR count). The van der Waals surface area contributed by atoms with Crippen LogP contribution in [0.25, 0.3) is 5.69 Å². The van der Waals surface area contributed by atoms with Crippen molar-refractivity contribution < 1.29 is 22.7 Å². The van der Waals surface area contributed by atoms with Crippen molar-refractivity contribution in [1.82, 2.24) is 8.87 Å². The molecule has 186 valence electrons. The number of hydrogen-bond acceptors (Lipinski definition) is 6. The number of morpholine rings is 1. The highest BCUT2D eigenvalue weighted by Gasteiger charge is 2.30. The van der Waals surface area contributed by atoms with Crippen molar-refractivity contribution in [2.45, 2.75) is 31.7 Å². The number of carbonyl (C=O) groups excluding carboxylic acids is 1. The number of ketones is 1. The van der Waals surface area contributed by atoms with Crippen LogP contribution >= 0.6 is 0 Å². The number of rotatable bonds is 8. The molecule has 0 bridgehead atoms. The SMILES string of the molecule is COc1ccc(N[C@H](C)C(=O)c2cc(C)n(-c3ccccc3)c2C)cc1S(=O)(=O)N1CCOCC1. The Bertz CT molecular complexity index is 1310. The summed E-state index contributed by atoms with van der Waals surface area (Å²) < 4.78 is 40.6. The summed E-state index contributed by atoms with van der Waals surface area (Å²) in [6, 6.07) is 16.1. The van der Waals surface area contributed by atoms with E-state index in [1.807, 2.05) is 50.2 Å². The predicted octanol–water partition coefficient (Wildman–Crippen LogP) is 3.81. The molecule has 1 aliphatic heterocycles. The van der Waals surface area contributed by atoms with Crippen molar-refractivity contribution in [3.8, 4) is 11.4 Å². The molecule has 0 amide bonds. The first kappa shape index (κ1) is 25.0. The van der Waals surface area contributed by atoms with E-state index in [2.05, 4.69) is 9.88 Å². The lowest BCUT2D eigenvalue weighted by Crippen LogP contribution is -2.40. The van der Waals surface area contributed by atoms with E-state index in [-0.39, 0.29) is 29.5 Å². The quantitative estimate of drug-likeness (QED) is 0.476. The maximum Gasteiger partial charge on any atom is 0.246 e. The average Bonchev–Trinajstić information content (AvgIpc) is 3.18. The van der Waals surface area contributed by atoms with E-state index in [4.69, 9.17) is 9.47 Å². The van der Waals surface area contributed by atoms with Crippen molar-refractivity contribution in [1.29, 1.82) is 0 Å². The number of anilines is 1. The molecule has 35 heavy (non-hydrogen) atoms. The van der Waals surface area contributed by atoms with Crippen molar-refractivity contribution >= 4 is 21.5 Å². The second-order valence-electron chi connectivity index (χ2n) is 8.57. The van der Waals surface area contributed by atoms with Crippen molar-refractivity contribution in [3.05, 3.63) is 71.5 Å². The van der Waals surface area contributed by atoms with Crippen LogP contribution in [-0.4, -0.2) is 62.5 Å². The third-order valence-corrected chi connectivity index (χ3v) is 8.16. The van der Waals surface area contributed by atoms with Gasteiger partial charge in [0.2, 0.25) is 10.0 Å². The molecule has 8 nitrogen and oxygen atoms in total. The van der Waals surface area contributed by atoms with Crippen molar-refractivity contribution in [2.24, 2.45) is 0 Å². The minimum absolute atomic E-state index is 0.0637. The number of Topliss-reactive ketones (excluding diaryl/α,β-unsaturated/α-hetero) is 1. The number of benzene rings is 2. The molecular weight excluding hydrogens is 466 g/mol. The van der Waals surface area contributed by atoms with E-state index in [0.29, 0.717) is 24.5 Å². The molecule has 1 aliphatic rings. The molecule has 1 fully saturated rings. The smallest absolute Gasteiger partial charge is 0.246 e. The lowest BCUT2D eigenvalue weighted by atomic mass is 10.1. The number of carbonyl (C=O) groups is 1. The van der Waals surface area contributed by atoms with Gasteiger partial charge in [-0.15, -0.1) is 0 Å².